The number of carbonyl (C=O) groups excluding carboxylic acids is 2. The van der Waals surface area contributed by atoms with Gasteiger partial charge in [0.2, 0.25) is 11.8 Å². The van der Waals surface area contributed by atoms with Crippen molar-refractivity contribution >= 4 is 29.1 Å². The highest BCUT2D eigenvalue weighted by atomic mass is 35.5. The number of likely N-dealkylation sites (tertiary alicyclic amines) is 1. The second-order valence-electron chi connectivity index (χ2n) is 5.87. The van der Waals surface area contributed by atoms with Gasteiger partial charge in [-0.05, 0) is 50.3 Å². The molecule has 3 rings (SSSR count). The molecule has 21 heavy (non-hydrogen) atoms. The lowest BCUT2D eigenvalue weighted by Crippen LogP contribution is -2.43. The molecule has 2 aliphatic rings. The highest BCUT2D eigenvalue weighted by Gasteiger charge is 2.40. The Morgan fingerprint density at radius 2 is 2.05 bits per heavy atom. The third-order valence-corrected chi connectivity index (χ3v) is 4.70. The van der Waals surface area contributed by atoms with Crippen LogP contribution in [-0.4, -0.2) is 29.3 Å². The maximum atomic E-state index is 12.5. The van der Waals surface area contributed by atoms with Gasteiger partial charge in [-0.3, -0.25) is 9.59 Å². The van der Waals surface area contributed by atoms with Gasteiger partial charge in [0.1, 0.15) is 6.04 Å². The Morgan fingerprint density at radius 3 is 2.76 bits per heavy atom. The minimum absolute atomic E-state index is 0.105. The predicted molar refractivity (Wildman–Crippen MR) is 82.3 cm³/mol. The molecule has 1 aromatic rings. The Hall–Kier alpha value is -1.55. The maximum absolute atomic E-state index is 12.5. The van der Waals surface area contributed by atoms with Crippen molar-refractivity contribution in [2.45, 2.75) is 38.6 Å². The molecule has 0 bridgehead atoms. The summed E-state index contributed by atoms with van der Waals surface area (Å²) in [5.41, 5.74) is 1.57. The van der Waals surface area contributed by atoms with Crippen molar-refractivity contribution in [3.05, 3.63) is 28.8 Å². The molecule has 1 saturated carbocycles. The van der Waals surface area contributed by atoms with E-state index < -0.39 is 0 Å². The second-order valence-corrected chi connectivity index (χ2v) is 6.27. The largest absolute Gasteiger partial charge is 0.330 e. The number of rotatable bonds is 3. The molecule has 1 aliphatic carbocycles. The molecule has 1 saturated heterocycles. The quantitative estimate of drug-likeness (QED) is 0.933. The Bertz CT molecular complexity index is 584. The van der Waals surface area contributed by atoms with Crippen LogP contribution in [0.15, 0.2) is 18.2 Å². The fourth-order valence-corrected chi connectivity index (χ4v) is 3.00. The normalized spacial score (nSPS) is 21.4. The highest BCUT2D eigenvalue weighted by Crippen LogP contribution is 2.34. The third kappa shape index (κ3) is 2.91. The predicted octanol–water partition coefficient (Wildman–Crippen LogP) is 2.99. The van der Waals surface area contributed by atoms with Crippen LogP contribution < -0.4 is 5.32 Å². The van der Waals surface area contributed by atoms with Crippen molar-refractivity contribution in [3.63, 3.8) is 0 Å². The van der Waals surface area contributed by atoms with Crippen molar-refractivity contribution in [1.29, 1.82) is 0 Å². The Morgan fingerprint density at radius 1 is 1.29 bits per heavy atom. The maximum Gasteiger partial charge on any atom is 0.247 e. The van der Waals surface area contributed by atoms with Crippen LogP contribution in [0.1, 0.15) is 31.2 Å². The first-order valence-electron chi connectivity index (χ1n) is 7.44. The van der Waals surface area contributed by atoms with Gasteiger partial charge in [0.25, 0.3) is 0 Å². The fraction of sp³-hybridized carbons (Fsp3) is 0.500. The number of nitrogens with zero attached hydrogens (tertiary/aromatic N) is 1. The van der Waals surface area contributed by atoms with E-state index in [0.717, 1.165) is 36.9 Å². The molecule has 0 aromatic heterocycles. The van der Waals surface area contributed by atoms with Crippen molar-refractivity contribution < 1.29 is 9.59 Å². The number of hydrogen-bond acceptors (Lipinski definition) is 2. The Balaban J connectivity index is 1.72. The van der Waals surface area contributed by atoms with Crippen LogP contribution >= 0.6 is 11.6 Å². The number of carbonyl (C=O) groups is 2. The first-order chi connectivity index (χ1) is 10.1. The molecule has 0 spiro atoms. The van der Waals surface area contributed by atoms with Gasteiger partial charge in [-0.1, -0.05) is 17.7 Å². The van der Waals surface area contributed by atoms with E-state index in [4.69, 9.17) is 11.6 Å². The first-order valence-corrected chi connectivity index (χ1v) is 7.82. The van der Waals surface area contributed by atoms with E-state index in [9.17, 15) is 9.59 Å². The molecule has 2 fully saturated rings. The number of nitrogens with one attached hydrogen (secondary N) is 1. The SMILES string of the molecule is Cc1c(Cl)cccc1NC(=O)[C@@H]1CCCN1C(=O)C1CC1. The molecular formula is C16H19ClN2O2. The molecule has 4 nitrogen and oxygen atoms in total. The molecule has 0 unspecified atom stereocenters. The van der Waals surface area contributed by atoms with Gasteiger partial charge < -0.3 is 10.2 Å². The van der Waals surface area contributed by atoms with Crippen molar-refractivity contribution in [1.82, 2.24) is 4.90 Å². The van der Waals surface area contributed by atoms with E-state index in [-0.39, 0.29) is 23.8 Å². The zero-order valence-electron chi connectivity index (χ0n) is 12.1. The lowest BCUT2D eigenvalue weighted by Gasteiger charge is -2.24. The average Bonchev–Trinajstić information content (AvgIpc) is 3.19. The Labute approximate surface area is 129 Å². The molecule has 1 aliphatic heterocycles. The van der Waals surface area contributed by atoms with E-state index in [1.54, 1.807) is 11.0 Å². The van der Waals surface area contributed by atoms with Crippen molar-refractivity contribution in [2.24, 2.45) is 5.92 Å². The van der Waals surface area contributed by atoms with E-state index >= 15 is 0 Å². The fourth-order valence-electron chi connectivity index (χ4n) is 2.83. The van der Waals surface area contributed by atoms with Crippen LogP contribution in [0.2, 0.25) is 5.02 Å². The topological polar surface area (TPSA) is 49.4 Å². The van der Waals surface area contributed by atoms with Gasteiger partial charge in [0, 0.05) is 23.2 Å². The van der Waals surface area contributed by atoms with Gasteiger partial charge in [-0.15, -0.1) is 0 Å². The Kier molecular flexibility index (Phi) is 3.89. The zero-order valence-corrected chi connectivity index (χ0v) is 12.8. The van der Waals surface area contributed by atoms with Crippen molar-refractivity contribution in [2.75, 3.05) is 11.9 Å². The molecular weight excluding hydrogens is 288 g/mol. The van der Waals surface area contributed by atoms with Crippen LogP contribution in [0.5, 0.6) is 0 Å². The van der Waals surface area contributed by atoms with Gasteiger partial charge in [-0.25, -0.2) is 0 Å². The van der Waals surface area contributed by atoms with E-state index in [2.05, 4.69) is 5.32 Å². The summed E-state index contributed by atoms with van der Waals surface area (Å²) in [5, 5.41) is 3.55. The van der Waals surface area contributed by atoms with Crippen molar-refractivity contribution in [3.8, 4) is 0 Å². The molecule has 1 aromatic carbocycles. The molecule has 1 atom stereocenters. The van der Waals surface area contributed by atoms with Gasteiger partial charge >= 0.3 is 0 Å². The van der Waals surface area contributed by atoms with Gasteiger partial charge in [-0.2, -0.15) is 0 Å². The molecule has 5 heteroatoms. The first kappa shape index (κ1) is 14.4. The number of anilines is 1. The average molecular weight is 307 g/mol. The summed E-state index contributed by atoms with van der Waals surface area (Å²) in [6.07, 6.45) is 3.57. The summed E-state index contributed by atoms with van der Waals surface area (Å²) in [6.45, 7) is 2.57. The number of amides is 2. The number of halogens is 1. The second kappa shape index (κ2) is 5.68. The molecule has 112 valence electrons. The van der Waals surface area contributed by atoms with E-state index in [1.165, 1.54) is 0 Å². The molecule has 2 amide bonds. The van der Waals surface area contributed by atoms with Crippen LogP contribution in [0.4, 0.5) is 5.69 Å². The third-order valence-electron chi connectivity index (χ3n) is 4.29. The van der Waals surface area contributed by atoms with Gasteiger partial charge in [0.05, 0.1) is 0 Å². The summed E-state index contributed by atoms with van der Waals surface area (Å²) in [7, 11) is 0. The number of benzene rings is 1. The van der Waals surface area contributed by atoms with E-state index in [1.807, 2.05) is 19.1 Å². The van der Waals surface area contributed by atoms with Crippen LogP contribution in [-0.2, 0) is 9.59 Å². The number of hydrogen-bond donors (Lipinski definition) is 1. The summed E-state index contributed by atoms with van der Waals surface area (Å²) in [4.78, 5) is 26.5. The summed E-state index contributed by atoms with van der Waals surface area (Å²) in [6, 6.07) is 5.11. The summed E-state index contributed by atoms with van der Waals surface area (Å²) in [5.74, 6) is 0.202. The molecule has 1 N–H and O–H groups in total. The monoisotopic (exact) mass is 306 g/mol. The smallest absolute Gasteiger partial charge is 0.247 e. The molecule has 1 heterocycles. The van der Waals surface area contributed by atoms with E-state index in [0.29, 0.717) is 11.6 Å². The lowest BCUT2D eigenvalue weighted by atomic mass is 10.1. The highest BCUT2D eigenvalue weighted by molar-refractivity contribution is 6.31. The lowest BCUT2D eigenvalue weighted by molar-refractivity contribution is -0.137. The van der Waals surface area contributed by atoms with Crippen LogP contribution in [0, 0.1) is 12.8 Å². The molecule has 0 radical (unpaired) electrons. The van der Waals surface area contributed by atoms with Crippen LogP contribution in [0.3, 0.4) is 0 Å². The minimum Gasteiger partial charge on any atom is -0.330 e. The van der Waals surface area contributed by atoms with Gasteiger partial charge in [0.15, 0.2) is 0 Å². The summed E-state index contributed by atoms with van der Waals surface area (Å²) >= 11 is 6.07. The standard InChI is InChI=1S/C16H19ClN2O2/c1-10-12(17)4-2-5-13(10)18-15(20)14-6-3-9-19(14)16(21)11-7-8-11/h2,4-5,11,14H,3,6-9H2,1H3,(H,18,20)/t14-/m0/s1. The summed E-state index contributed by atoms with van der Waals surface area (Å²) < 4.78 is 0. The minimum atomic E-state index is -0.337. The zero-order chi connectivity index (χ0) is 15.0. The van der Waals surface area contributed by atoms with Crippen LogP contribution in [0.25, 0.3) is 0 Å².